The molecule has 2 saturated carbocycles. The van der Waals surface area contributed by atoms with E-state index in [-0.39, 0.29) is 29.4 Å². The summed E-state index contributed by atoms with van der Waals surface area (Å²) >= 11 is 0. The lowest BCUT2D eigenvalue weighted by atomic mass is 9.69. The Bertz CT molecular complexity index is 815. The van der Waals surface area contributed by atoms with Crippen LogP contribution in [0.4, 0.5) is 0 Å². The summed E-state index contributed by atoms with van der Waals surface area (Å²) in [4.78, 5) is 23.8. The van der Waals surface area contributed by atoms with Crippen LogP contribution in [0.3, 0.4) is 0 Å². The first-order chi connectivity index (χ1) is 13.7. The third kappa shape index (κ3) is 3.98. The van der Waals surface area contributed by atoms with Gasteiger partial charge in [0.1, 0.15) is 0 Å². The van der Waals surface area contributed by atoms with E-state index in [0.29, 0.717) is 17.4 Å². The van der Waals surface area contributed by atoms with Crippen LogP contribution in [-0.2, 0) is 14.3 Å². The molecule has 6 heteroatoms. The second-order valence-corrected chi connectivity index (χ2v) is 8.79. The minimum atomic E-state index is -0.432. The number of hydrogen-bond donors (Lipinski definition) is 1. The van der Waals surface area contributed by atoms with Crippen LogP contribution in [0, 0.1) is 16.7 Å². The highest BCUT2D eigenvalue weighted by molar-refractivity contribution is 5.87. The molecule has 0 aromatic heterocycles. The highest BCUT2D eigenvalue weighted by Gasteiger charge is 2.61. The molecule has 2 aliphatic rings. The monoisotopic (exact) mass is 401 g/mol. The number of hydrogen-bond acceptors (Lipinski definition) is 5. The number of fused-ring (bicyclic) bond motifs is 2. The van der Waals surface area contributed by atoms with Crippen LogP contribution in [0.5, 0.6) is 11.5 Å². The molecule has 0 radical (unpaired) electrons. The van der Waals surface area contributed by atoms with Crippen LogP contribution >= 0.6 is 0 Å². The van der Waals surface area contributed by atoms with E-state index in [1.165, 1.54) is 26.7 Å². The number of benzene rings is 1. The molecular formula is C23H31NO5. The van der Waals surface area contributed by atoms with Crippen molar-refractivity contribution < 1.29 is 23.8 Å². The highest BCUT2D eigenvalue weighted by atomic mass is 16.5. The maximum atomic E-state index is 12.5. The first kappa shape index (κ1) is 21.2. The molecule has 0 aliphatic heterocycles. The average Bonchev–Trinajstić information content (AvgIpc) is 3.04. The number of rotatable bonds is 7. The molecule has 0 saturated heterocycles. The summed E-state index contributed by atoms with van der Waals surface area (Å²) in [5, 5.41) is 3.20. The predicted octanol–water partition coefficient (Wildman–Crippen LogP) is 3.59. The number of methoxy groups -OCH3 is 2. The molecule has 0 heterocycles. The molecule has 3 rings (SSSR count). The number of carbonyl (C=O) groups excluding carboxylic acids is 2. The summed E-state index contributed by atoms with van der Waals surface area (Å²) in [6.07, 6.45) is 6.41. The van der Waals surface area contributed by atoms with Gasteiger partial charge in [0.2, 0.25) is 0 Å². The minimum Gasteiger partial charge on any atom is -0.493 e. The Morgan fingerprint density at radius 2 is 1.97 bits per heavy atom. The zero-order chi connectivity index (χ0) is 21.2. The second kappa shape index (κ2) is 8.09. The molecule has 3 unspecified atom stereocenters. The fourth-order valence-corrected chi connectivity index (χ4v) is 4.94. The molecule has 6 nitrogen and oxygen atoms in total. The Morgan fingerprint density at radius 3 is 2.55 bits per heavy atom. The maximum absolute atomic E-state index is 12.5. The van der Waals surface area contributed by atoms with Gasteiger partial charge in [0, 0.05) is 12.1 Å². The van der Waals surface area contributed by atoms with Gasteiger partial charge in [-0.05, 0) is 59.8 Å². The van der Waals surface area contributed by atoms with E-state index in [1.807, 2.05) is 0 Å². The van der Waals surface area contributed by atoms with E-state index >= 15 is 0 Å². The van der Waals surface area contributed by atoms with E-state index in [9.17, 15) is 9.59 Å². The fourth-order valence-electron chi connectivity index (χ4n) is 4.94. The van der Waals surface area contributed by atoms with Crippen LogP contribution < -0.4 is 14.8 Å². The first-order valence-electron chi connectivity index (χ1n) is 10.1. The summed E-state index contributed by atoms with van der Waals surface area (Å²) in [5.74, 6) is 1.11. The topological polar surface area (TPSA) is 73.9 Å². The summed E-state index contributed by atoms with van der Waals surface area (Å²) in [5.41, 5.74) is 1.16. The van der Waals surface area contributed by atoms with Crippen molar-refractivity contribution in [3.63, 3.8) is 0 Å². The van der Waals surface area contributed by atoms with Gasteiger partial charge < -0.3 is 19.5 Å². The highest BCUT2D eigenvalue weighted by Crippen LogP contribution is 2.65. The molecule has 2 bridgehead atoms. The minimum absolute atomic E-state index is 0.0641. The molecule has 1 aromatic carbocycles. The van der Waals surface area contributed by atoms with Crippen LogP contribution in [0.2, 0.25) is 0 Å². The van der Waals surface area contributed by atoms with Crippen molar-refractivity contribution in [3.8, 4) is 11.5 Å². The van der Waals surface area contributed by atoms with Gasteiger partial charge in [0.15, 0.2) is 18.1 Å². The molecule has 1 N–H and O–H groups in total. The van der Waals surface area contributed by atoms with Gasteiger partial charge in [0.25, 0.3) is 5.91 Å². The predicted molar refractivity (Wildman–Crippen MR) is 111 cm³/mol. The summed E-state index contributed by atoms with van der Waals surface area (Å²) in [6, 6.07) is 5.45. The van der Waals surface area contributed by atoms with Crippen molar-refractivity contribution in [1.82, 2.24) is 5.32 Å². The van der Waals surface area contributed by atoms with E-state index in [4.69, 9.17) is 9.47 Å². The standard InChI is InChI=1S/C23H31NO5/c1-22(2)16-10-11-23(22,3)19(13-16)24-20(25)14-29-17-8-6-15(12-18(17)27-4)7-9-21(26)28-5/h6-9,12,16,19H,10-11,13-14H2,1-5H3,(H,24,25)/b9-7+. The molecule has 1 amide bonds. The first-order valence-corrected chi connectivity index (χ1v) is 10.1. The van der Waals surface area contributed by atoms with Gasteiger partial charge in [-0.3, -0.25) is 4.79 Å². The van der Waals surface area contributed by atoms with Crippen molar-refractivity contribution in [3.05, 3.63) is 29.8 Å². The van der Waals surface area contributed by atoms with Crippen LogP contribution in [0.25, 0.3) is 6.08 Å². The van der Waals surface area contributed by atoms with Crippen LogP contribution in [0.1, 0.15) is 45.6 Å². The van der Waals surface area contributed by atoms with Gasteiger partial charge in [-0.1, -0.05) is 26.8 Å². The van der Waals surface area contributed by atoms with Crippen LogP contribution in [0.15, 0.2) is 24.3 Å². The Balaban J connectivity index is 1.59. The quantitative estimate of drug-likeness (QED) is 0.558. The van der Waals surface area contributed by atoms with E-state index in [0.717, 1.165) is 18.4 Å². The molecular weight excluding hydrogens is 370 g/mol. The van der Waals surface area contributed by atoms with Crippen molar-refractivity contribution in [2.45, 2.75) is 46.1 Å². The van der Waals surface area contributed by atoms with Gasteiger partial charge in [-0.2, -0.15) is 0 Å². The number of carbonyl (C=O) groups is 2. The summed E-state index contributed by atoms with van der Waals surface area (Å²) in [6.45, 7) is 6.89. The molecule has 29 heavy (non-hydrogen) atoms. The zero-order valence-corrected chi connectivity index (χ0v) is 17.9. The average molecular weight is 402 g/mol. The third-order valence-electron chi connectivity index (χ3n) is 7.29. The second-order valence-electron chi connectivity index (χ2n) is 8.79. The number of ether oxygens (including phenoxy) is 3. The maximum Gasteiger partial charge on any atom is 0.330 e. The molecule has 158 valence electrons. The Morgan fingerprint density at radius 1 is 1.21 bits per heavy atom. The molecule has 1 aromatic rings. The molecule has 2 aliphatic carbocycles. The van der Waals surface area contributed by atoms with Gasteiger partial charge in [-0.15, -0.1) is 0 Å². The van der Waals surface area contributed by atoms with E-state index in [2.05, 4.69) is 30.8 Å². The van der Waals surface area contributed by atoms with E-state index in [1.54, 1.807) is 24.3 Å². The van der Waals surface area contributed by atoms with E-state index < -0.39 is 5.97 Å². The SMILES string of the molecule is COC(=O)/C=C/c1ccc(OCC(=O)NC2CC3CCC2(C)C3(C)C)c(OC)c1. The van der Waals surface area contributed by atoms with Crippen molar-refractivity contribution in [2.75, 3.05) is 20.8 Å². The Kier molecular flexibility index (Phi) is 5.92. The van der Waals surface area contributed by atoms with Crippen molar-refractivity contribution in [2.24, 2.45) is 16.7 Å². The lowest BCUT2D eigenvalue weighted by molar-refractivity contribution is -0.134. The van der Waals surface area contributed by atoms with Crippen LogP contribution in [-0.4, -0.2) is 38.7 Å². The fraction of sp³-hybridized carbons (Fsp3) is 0.565. The zero-order valence-electron chi connectivity index (χ0n) is 17.9. The summed E-state index contributed by atoms with van der Waals surface area (Å²) in [7, 11) is 2.86. The largest absolute Gasteiger partial charge is 0.493 e. The molecule has 3 atom stereocenters. The lowest BCUT2D eigenvalue weighted by Gasteiger charge is -2.39. The summed E-state index contributed by atoms with van der Waals surface area (Å²) < 4.78 is 15.7. The lowest BCUT2D eigenvalue weighted by Crippen LogP contribution is -2.48. The number of esters is 1. The van der Waals surface area contributed by atoms with Gasteiger partial charge >= 0.3 is 5.97 Å². The number of nitrogens with one attached hydrogen (secondary N) is 1. The number of amides is 1. The Labute approximate surface area is 172 Å². The van der Waals surface area contributed by atoms with Gasteiger partial charge in [-0.25, -0.2) is 4.79 Å². The molecule has 2 fully saturated rings. The Hall–Kier alpha value is -2.50. The van der Waals surface area contributed by atoms with Gasteiger partial charge in [0.05, 0.1) is 14.2 Å². The van der Waals surface area contributed by atoms with Crippen molar-refractivity contribution >= 4 is 18.0 Å². The third-order valence-corrected chi connectivity index (χ3v) is 7.29. The smallest absolute Gasteiger partial charge is 0.330 e. The van der Waals surface area contributed by atoms with Crippen molar-refractivity contribution in [1.29, 1.82) is 0 Å². The molecule has 0 spiro atoms. The normalized spacial score (nSPS) is 27.1.